The summed E-state index contributed by atoms with van der Waals surface area (Å²) in [6.45, 7) is 0. The molecule has 3 heterocycles. The number of allylic oxidation sites excluding steroid dienone is 1. The predicted octanol–water partition coefficient (Wildman–Crippen LogP) is 4.77. The molecule has 0 amide bonds. The van der Waals surface area contributed by atoms with Gasteiger partial charge in [0.25, 0.3) is 0 Å². The summed E-state index contributed by atoms with van der Waals surface area (Å²) in [5.41, 5.74) is 9.29. The molecule has 2 fully saturated rings. The van der Waals surface area contributed by atoms with Crippen molar-refractivity contribution in [2.45, 2.75) is 82.9 Å². The van der Waals surface area contributed by atoms with Gasteiger partial charge in [-0.25, -0.2) is 9.97 Å². The molecule has 5 nitrogen and oxygen atoms in total. The van der Waals surface area contributed by atoms with Gasteiger partial charge in [0, 0.05) is 24.5 Å². The Kier molecular flexibility index (Phi) is 6.95. The summed E-state index contributed by atoms with van der Waals surface area (Å²) >= 11 is 0. The maximum Gasteiger partial charge on any atom is 0.176 e. The number of rotatable bonds is 4. The van der Waals surface area contributed by atoms with Gasteiger partial charge in [-0.15, -0.1) is 0 Å². The molecule has 0 spiro atoms. The molecule has 2 saturated carbocycles. The van der Waals surface area contributed by atoms with E-state index in [1.807, 2.05) is 6.07 Å². The number of hydrogen-bond donors (Lipinski definition) is 1. The van der Waals surface area contributed by atoms with Gasteiger partial charge in [-0.1, -0.05) is 75.1 Å². The molecule has 2 aromatic rings. The molecule has 166 valence electrons. The van der Waals surface area contributed by atoms with Crippen LogP contribution in [0.1, 0.15) is 88.6 Å². The molecule has 1 N–H and O–H groups in total. The Balaban J connectivity index is 1.39. The molecule has 0 saturated heterocycles. The molecule has 0 radical (unpaired) electrons. The Labute approximate surface area is 192 Å². The van der Waals surface area contributed by atoms with Gasteiger partial charge < -0.3 is 0 Å². The normalized spacial score (nSPS) is 22.6. The van der Waals surface area contributed by atoms with Gasteiger partial charge in [-0.2, -0.15) is 5.10 Å². The first kappa shape index (κ1) is 21.4. The van der Waals surface area contributed by atoms with E-state index >= 15 is 0 Å². The summed E-state index contributed by atoms with van der Waals surface area (Å²) in [5, 5.41) is 4.78. The molecular formula is C26H34BN5. The summed E-state index contributed by atoms with van der Waals surface area (Å²) < 4.78 is 0. The van der Waals surface area contributed by atoms with Crippen LogP contribution in [0.15, 0.2) is 47.5 Å². The van der Waals surface area contributed by atoms with E-state index in [1.165, 1.54) is 82.5 Å². The third-order valence-corrected chi connectivity index (χ3v) is 7.42. The van der Waals surface area contributed by atoms with Crippen molar-refractivity contribution in [1.82, 2.24) is 20.4 Å². The summed E-state index contributed by atoms with van der Waals surface area (Å²) in [6, 6.07) is 6.36. The van der Waals surface area contributed by atoms with E-state index in [9.17, 15) is 0 Å². The Morgan fingerprint density at radius 1 is 0.812 bits per heavy atom. The molecule has 32 heavy (non-hydrogen) atoms. The molecule has 3 aliphatic rings. The minimum atomic E-state index is 0.279. The second kappa shape index (κ2) is 10.4. The van der Waals surface area contributed by atoms with E-state index in [4.69, 9.17) is 10.1 Å². The monoisotopic (exact) mass is 427 g/mol. The minimum absolute atomic E-state index is 0.279. The van der Waals surface area contributed by atoms with Crippen LogP contribution in [-0.2, 0) is 0 Å². The van der Waals surface area contributed by atoms with E-state index in [0.717, 1.165) is 41.6 Å². The first-order chi connectivity index (χ1) is 15.9. The van der Waals surface area contributed by atoms with Crippen molar-refractivity contribution in [2.24, 2.45) is 11.0 Å². The highest BCUT2D eigenvalue weighted by Crippen LogP contribution is 2.36. The topological polar surface area (TPSA) is 63.1 Å². The van der Waals surface area contributed by atoms with Crippen LogP contribution in [0.25, 0.3) is 5.70 Å². The van der Waals surface area contributed by atoms with Crippen molar-refractivity contribution in [1.29, 1.82) is 0 Å². The lowest BCUT2D eigenvalue weighted by atomic mass is 9.57. The third-order valence-electron chi connectivity index (χ3n) is 7.42. The van der Waals surface area contributed by atoms with Crippen LogP contribution in [0.5, 0.6) is 0 Å². The van der Waals surface area contributed by atoms with E-state index in [1.54, 1.807) is 12.4 Å². The molecule has 1 aliphatic heterocycles. The van der Waals surface area contributed by atoms with Gasteiger partial charge >= 0.3 is 0 Å². The number of hydrazone groups is 1. The number of aromatic nitrogens is 3. The van der Waals surface area contributed by atoms with E-state index in [2.05, 4.69) is 33.7 Å². The number of fused-ring (bicyclic) bond motifs is 1. The van der Waals surface area contributed by atoms with Gasteiger partial charge in [0.05, 0.1) is 11.4 Å². The minimum Gasteiger partial charge on any atom is -0.276 e. The lowest BCUT2D eigenvalue weighted by Crippen LogP contribution is -2.31. The summed E-state index contributed by atoms with van der Waals surface area (Å²) in [6.07, 6.45) is 21.3. The molecule has 1 atom stereocenters. The molecule has 2 aliphatic carbocycles. The van der Waals surface area contributed by atoms with Crippen molar-refractivity contribution in [3.63, 3.8) is 0 Å². The van der Waals surface area contributed by atoms with Crippen LogP contribution in [0.4, 0.5) is 0 Å². The Morgan fingerprint density at radius 2 is 1.56 bits per heavy atom. The number of pyridine rings is 1. The molecule has 2 aromatic heterocycles. The van der Waals surface area contributed by atoms with Crippen LogP contribution < -0.4 is 10.9 Å². The van der Waals surface area contributed by atoms with Crippen molar-refractivity contribution < 1.29 is 0 Å². The zero-order chi connectivity index (χ0) is 21.6. The fourth-order valence-corrected chi connectivity index (χ4v) is 5.69. The van der Waals surface area contributed by atoms with Crippen LogP contribution in [-0.4, -0.2) is 27.9 Å². The third kappa shape index (κ3) is 4.95. The molecule has 5 rings (SSSR count). The fraction of sp³-hybridized carbons (Fsp3) is 0.538. The molecular weight excluding hydrogens is 393 g/mol. The van der Waals surface area contributed by atoms with Crippen LogP contribution >= 0.6 is 0 Å². The number of nitrogens with zero attached hydrogens (tertiary/aromatic N) is 4. The van der Waals surface area contributed by atoms with E-state index < -0.39 is 0 Å². The van der Waals surface area contributed by atoms with E-state index in [-0.39, 0.29) is 5.92 Å². The van der Waals surface area contributed by atoms with Crippen molar-refractivity contribution in [3.05, 3.63) is 53.9 Å². The SMILES string of the molecule is B(c1ccc(C2=C3CCCCCCC3C(c3ncccn3)=NN2)nc1)C1CCCCCC1. The van der Waals surface area contributed by atoms with Gasteiger partial charge in [0.2, 0.25) is 0 Å². The smallest absolute Gasteiger partial charge is 0.176 e. The van der Waals surface area contributed by atoms with Gasteiger partial charge in [-0.05, 0) is 37.0 Å². The Bertz CT molecular complexity index is 946. The molecule has 6 heteroatoms. The average molecular weight is 427 g/mol. The predicted molar refractivity (Wildman–Crippen MR) is 132 cm³/mol. The maximum absolute atomic E-state index is 4.91. The van der Waals surface area contributed by atoms with Crippen LogP contribution in [0, 0.1) is 5.92 Å². The Morgan fingerprint density at radius 3 is 2.31 bits per heavy atom. The van der Waals surface area contributed by atoms with Crippen LogP contribution in [0.3, 0.4) is 0 Å². The lowest BCUT2D eigenvalue weighted by Gasteiger charge is -2.30. The highest BCUT2D eigenvalue weighted by atomic mass is 15.3. The number of nitrogens with one attached hydrogen (secondary N) is 1. The molecule has 1 unspecified atom stereocenters. The zero-order valence-electron chi connectivity index (χ0n) is 19.1. The highest BCUT2D eigenvalue weighted by Gasteiger charge is 2.31. The highest BCUT2D eigenvalue weighted by molar-refractivity contribution is 6.54. The average Bonchev–Trinajstić information content (AvgIpc) is 3.09. The lowest BCUT2D eigenvalue weighted by molar-refractivity contribution is 0.520. The second-order valence-electron chi connectivity index (χ2n) is 9.70. The zero-order valence-corrected chi connectivity index (χ0v) is 19.1. The number of hydrogen-bond acceptors (Lipinski definition) is 5. The first-order valence-corrected chi connectivity index (χ1v) is 12.7. The second-order valence-corrected chi connectivity index (χ2v) is 9.70. The van der Waals surface area contributed by atoms with E-state index in [0.29, 0.717) is 0 Å². The summed E-state index contributed by atoms with van der Waals surface area (Å²) in [7, 11) is 1.17. The fourth-order valence-electron chi connectivity index (χ4n) is 5.69. The Hall–Kier alpha value is -2.50. The summed E-state index contributed by atoms with van der Waals surface area (Å²) in [5.74, 6) is 1.85. The van der Waals surface area contributed by atoms with Crippen molar-refractivity contribution >= 4 is 24.2 Å². The standard InChI is InChI=1S/C26H34BN5/c1-2-6-11-19(10-5-1)27-20-14-15-23(30-18-20)24-21-12-7-3-4-8-13-22(21)25(32-31-24)26-28-16-9-17-29-26/h9,14-19,22,27,31H,1-8,10-13H2. The van der Waals surface area contributed by atoms with Crippen molar-refractivity contribution in [2.75, 3.05) is 0 Å². The van der Waals surface area contributed by atoms with Crippen molar-refractivity contribution in [3.8, 4) is 0 Å². The van der Waals surface area contributed by atoms with Crippen LogP contribution in [0.2, 0.25) is 5.82 Å². The first-order valence-electron chi connectivity index (χ1n) is 12.7. The molecule has 0 bridgehead atoms. The quantitative estimate of drug-likeness (QED) is 0.564. The summed E-state index contributed by atoms with van der Waals surface area (Å²) in [4.78, 5) is 13.9. The largest absolute Gasteiger partial charge is 0.276 e. The molecule has 0 aromatic carbocycles. The van der Waals surface area contributed by atoms with Gasteiger partial charge in [-0.3, -0.25) is 10.4 Å². The maximum atomic E-state index is 4.91. The van der Waals surface area contributed by atoms with Gasteiger partial charge in [0.1, 0.15) is 5.71 Å². The van der Waals surface area contributed by atoms with Gasteiger partial charge in [0.15, 0.2) is 13.1 Å².